The first-order valence-corrected chi connectivity index (χ1v) is 9.92. The van der Waals surface area contributed by atoms with Crippen LogP contribution in [0, 0.1) is 0 Å². The molecule has 2 N–H and O–H groups in total. The molecule has 0 fully saturated rings. The molecule has 2 aromatic carbocycles. The molecule has 8 heteroatoms. The van der Waals surface area contributed by atoms with Crippen molar-refractivity contribution in [2.24, 2.45) is 0 Å². The van der Waals surface area contributed by atoms with Gasteiger partial charge in [0.15, 0.2) is 0 Å². The second kappa shape index (κ2) is 8.10. The second-order valence-corrected chi connectivity index (χ2v) is 8.03. The zero-order valence-electron chi connectivity index (χ0n) is 15.1. The number of hydrogen-bond acceptors (Lipinski definition) is 4. The van der Waals surface area contributed by atoms with Crippen molar-refractivity contribution in [2.45, 2.75) is 11.4 Å². The van der Waals surface area contributed by atoms with Gasteiger partial charge in [-0.15, -0.1) is 0 Å². The first kappa shape index (κ1) is 19.4. The standard InChI is InChI=1S/C20H19N3O4S/c1-23(17-9-3-2-4-10-17)28(26,27)18-11-5-7-15(13-18)20(25)21-14-16-8-6-12-19(24)22-16/h2-13H,14H2,1H3,(H,21,25)(H,22,24). The van der Waals surface area contributed by atoms with Crippen LogP contribution in [0.1, 0.15) is 16.1 Å². The Kier molecular flexibility index (Phi) is 5.60. The number of nitrogens with zero attached hydrogens (tertiary/aromatic N) is 1. The molecular weight excluding hydrogens is 378 g/mol. The molecule has 0 saturated heterocycles. The van der Waals surface area contributed by atoms with Crippen LogP contribution in [0.5, 0.6) is 0 Å². The number of aromatic nitrogens is 1. The van der Waals surface area contributed by atoms with E-state index in [1.807, 2.05) is 0 Å². The molecule has 0 aliphatic heterocycles. The molecule has 0 spiro atoms. The molecule has 1 aromatic heterocycles. The molecule has 0 unspecified atom stereocenters. The average Bonchev–Trinajstić information content (AvgIpc) is 2.72. The van der Waals surface area contributed by atoms with E-state index in [1.165, 1.54) is 41.7 Å². The van der Waals surface area contributed by atoms with E-state index in [4.69, 9.17) is 0 Å². The highest BCUT2D eigenvalue weighted by Gasteiger charge is 2.22. The number of H-pyrrole nitrogens is 1. The molecule has 3 rings (SSSR count). The highest BCUT2D eigenvalue weighted by Crippen LogP contribution is 2.22. The summed E-state index contributed by atoms with van der Waals surface area (Å²) in [6, 6.07) is 19.2. The highest BCUT2D eigenvalue weighted by molar-refractivity contribution is 7.92. The average molecular weight is 397 g/mol. The summed E-state index contributed by atoms with van der Waals surface area (Å²) in [6.45, 7) is 0.121. The van der Waals surface area contributed by atoms with E-state index >= 15 is 0 Å². The molecule has 0 aliphatic rings. The summed E-state index contributed by atoms with van der Waals surface area (Å²) in [6.07, 6.45) is 0. The Morgan fingerprint density at radius 3 is 2.43 bits per heavy atom. The molecule has 0 aliphatic carbocycles. The third-order valence-corrected chi connectivity index (χ3v) is 5.92. The molecular formula is C20H19N3O4S. The highest BCUT2D eigenvalue weighted by atomic mass is 32.2. The Morgan fingerprint density at radius 2 is 1.71 bits per heavy atom. The van der Waals surface area contributed by atoms with Crippen molar-refractivity contribution in [1.82, 2.24) is 10.3 Å². The third kappa shape index (κ3) is 4.29. The molecule has 144 valence electrons. The predicted octanol–water partition coefficient (Wildman–Crippen LogP) is 2.13. The lowest BCUT2D eigenvalue weighted by Gasteiger charge is -2.19. The number of anilines is 1. The van der Waals surface area contributed by atoms with E-state index in [0.717, 1.165) is 0 Å². The molecule has 7 nitrogen and oxygen atoms in total. The van der Waals surface area contributed by atoms with E-state index < -0.39 is 15.9 Å². The molecule has 0 radical (unpaired) electrons. The molecule has 0 saturated carbocycles. The fraction of sp³-hybridized carbons (Fsp3) is 0.100. The molecule has 0 bridgehead atoms. The normalized spacial score (nSPS) is 11.0. The van der Waals surface area contributed by atoms with Crippen LogP contribution in [0.2, 0.25) is 0 Å². The largest absolute Gasteiger partial charge is 0.346 e. The van der Waals surface area contributed by atoms with Crippen LogP contribution in [0.4, 0.5) is 5.69 Å². The van der Waals surface area contributed by atoms with Crippen LogP contribution >= 0.6 is 0 Å². The van der Waals surface area contributed by atoms with Gasteiger partial charge in [0.2, 0.25) is 5.56 Å². The number of hydrogen-bond donors (Lipinski definition) is 2. The topological polar surface area (TPSA) is 99.3 Å². The van der Waals surface area contributed by atoms with Gasteiger partial charge in [-0.1, -0.05) is 30.3 Å². The van der Waals surface area contributed by atoms with E-state index in [0.29, 0.717) is 11.4 Å². The summed E-state index contributed by atoms with van der Waals surface area (Å²) in [5.74, 6) is -0.441. The monoisotopic (exact) mass is 397 g/mol. The van der Waals surface area contributed by atoms with Crippen LogP contribution in [0.3, 0.4) is 0 Å². The summed E-state index contributed by atoms with van der Waals surface area (Å²) < 4.78 is 26.9. The van der Waals surface area contributed by atoms with Gasteiger partial charge >= 0.3 is 0 Å². The lowest BCUT2D eigenvalue weighted by atomic mass is 10.2. The lowest BCUT2D eigenvalue weighted by molar-refractivity contribution is 0.0950. The van der Waals surface area contributed by atoms with Gasteiger partial charge in [-0.25, -0.2) is 8.42 Å². The van der Waals surface area contributed by atoms with E-state index in [-0.39, 0.29) is 22.6 Å². The van der Waals surface area contributed by atoms with Gasteiger partial charge in [0, 0.05) is 24.4 Å². The molecule has 0 atom stereocenters. The third-order valence-electron chi connectivity index (χ3n) is 4.14. The zero-order valence-corrected chi connectivity index (χ0v) is 15.9. The zero-order chi connectivity index (χ0) is 20.1. The van der Waals surface area contributed by atoms with Crippen LogP contribution in [-0.4, -0.2) is 26.4 Å². The van der Waals surface area contributed by atoms with Crippen molar-refractivity contribution in [3.63, 3.8) is 0 Å². The Bertz CT molecular complexity index is 1140. The van der Waals surface area contributed by atoms with Crippen molar-refractivity contribution in [3.8, 4) is 0 Å². The van der Waals surface area contributed by atoms with Gasteiger partial charge in [0.1, 0.15) is 0 Å². The van der Waals surface area contributed by atoms with Crippen LogP contribution in [-0.2, 0) is 16.6 Å². The van der Waals surface area contributed by atoms with Crippen molar-refractivity contribution >= 4 is 21.6 Å². The number of rotatable bonds is 6. The summed E-state index contributed by atoms with van der Waals surface area (Å²) >= 11 is 0. The van der Waals surface area contributed by atoms with Crippen LogP contribution in [0.15, 0.2) is 82.5 Å². The second-order valence-electron chi connectivity index (χ2n) is 6.06. The molecule has 3 aromatic rings. The fourth-order valence-corrected chi connectivity index (χ4v) is 3.85. The van der Waals surface area contributed by atoms with E-state index in [9.17, 15) is 18.0 Å². The number of amides is 1. The SMILES string of the molecule is CN(c1ccccc1)S(=O)(=O)c1cccc(C(=O)NCc2cccc(=O)[nH]2)c1. The van der Waals surface area contributed by atoms with Gasteiger partial charge in [-0.3, -0.25) is 13.9 Å². The van der Waals surface area contributed by atoms with Crippen molar-refractivity contribution < 1.29 is 13.2 Å². The minimum atomic E-state index is -3.81. The summed E-state index contributed by atoms with van der Waals surface area (Å²) in [4.78, 5) is 26.3. The Balaban J connectivity index is 1.79. The van der Waals surface area contributed by atoms with Gasteiger partial charge < -0.3 is 10.3 Å². The number of pyridine rings is 1. The molecule has 1 amide bonds. The minimum absolute atomic E-state index is 0.0135. The molecule has 1 heterocycles. The van der Waals surface area contributed by atoms with Crippen molar-refractivity contribution in [3.05, 3.63) is 94.4 Å². The predicted molar refractivity (Wildman–Crippen MR) is 107 cm³/mol. The van der Waals surface area contributed by atoms with Gasteiger partial charge in [0.05, 0.1) is 17.1 Å². The molecule has 28 heavy (non-hydrogen) atoms. The lowest BCUT2D eigenvalue weighted by Crippen LogP contribution is -2.27. The number of nitrogens with one attached hydrogen (secondary N) is 2. The van der Waals surface area contributed by atoms with E-state index in [2.05, 4.69) is 10.3 Å². The maximum absolute atomic E-state index is 12.9. The maximum Gasteiger partial charge on any atom is 0.264 e. The first-order chi connectivity index (χ1) is 13.4. The van der Waals surface area contributed by atoms with Crippen LogP contribution in [0.25, 0.3) is 0 Å². The van der Waals surface area contributed by atoms with E-state index in [1.54, 1.807) is 42.5 Å². The number of benzene rings is 2. The Morgan fingerprint density at radius 1 is 1.00 bits per heavy atom. The van der Waals surface area contributed by atoms with Crippen molar-refractivity contribution in [1.29, 1.82) is 0 Å². The number of carbonyl (C=O) groups is 1. The number of sulfonamides is 1. The van der Waals surface area contributed by atoms with Crippen LogP contribution < -0.4 is 15.2 Å². The first-order valence-electron chi connectivity index (χ1n) is 8.48. The number of para-hydroxylation sites is 1. The number of aromatic amines is 1. The summed E-state index contributed by atoms with van der Waals surface area (Å²) in [5.41, 5.74) is 1.02. The van der Waals surface area contributed by atoms with Gasteiger partial charge in [0.25, 0.3) is 15.9 Å². The Labute approximate surface area is 162 Å². The minimum Gasteiger partial charge on any atom is -0.346 e. The fourth-order valence-electron chi connectivity index (χ4n) is 2.61. The van der Waals surface area contributed by atoms with Gasteiger partial charge in [-0.05, 0) is 36.4 Å². The van der Waals surface area contributed by atoms with Gasteiger partial charge in [-0.2, -0.15) is 0 Å². The number of carbonyl (C=O) groups excluding carboxylic acids is 1. The van der Waals surface area contributed by atoms with Crippen molar-refractivity contribution in [2.75, 3.05) is 11.4 Å². The summed E-state index contributed by atoms with van der Waals surface area (Å²) in [7, 11) is -2.35. The smallest absolute Gasteiger partial charge is 0.264 e. The quantitative estimate of drug-likeness (QED) is 0.666. The maximum atomic E-state index is 12.9. The summed E-state index contributed by atoms with van der Waals surface area (Å²) in [5, 5.41) is 2.66. The Hall–Kier alpha value is -3.39.